The summed E-state index contributed by atoms with van der Waals surface area (Å²) in [6.45, 7) is 3.96. The van der Waals surface area contributed by atoms with Crippen molar-refractivity contribution in [3.05, 3.63) is 78.9 Å². The van der Waals surface area contributed by atoms with Crippen LogP contribution in [0.4, 0.5) is 11.4 Å². The highest BCUT2D eigenvalue weighted by atomic mass is 32.2. The van der Waals surface area contributed by atoms with E-state index >= 15 is 0 Å². The van der Waals surface area contributed by atoms with E-state index in [0.717, 1.165) is 0 Å². The molecule has 0 saturated heterocycles. The SMILES string of the molecule is C=CCN1c2ccc(C(=O)Nc3ccc4c(c3)OCO4)cc2-c2ccccc2S1(=O)=O. The maximum atomic E-state index is 13.1. The van der Waals surface area contributed by atoms with Crippen molar-refractivity contribution >= 4 is 27.3 Å². The first-order valence-electron chi connectivity index (χ1n) is 9.57. The molecule has 2 aliphatic heterocycles. The molecule has 0 radical (unpaired) electrons. The van der Waals surface area contributed by atoms with Crippen LogP contribution in [0.25, 0.3) is 11.1 Å². The summed E-state index contributed by atoms with van der Waals surface area (Å²) >= 11 is 0. The van der Waals surface area contributed by atoms with Crippen LogP contribution in [0.3, 0.4) is 0 Å². The molecule has 0 saturated carbocycles. The molecule has 3 aromatic carbocycles. The van der Waals surface area contributed by atoms with Gasteiger partial charge in [0.15, 0.2) is 11.5 Å². The van der Waals surface area contributed by atoms with Gasteiger partial charge in [-0.25, -0.2) is 8.42 Å². The van der Waals surface area contributed by atoms with E-state index in [4.69, 9.17) is 9.47 Å². The van der Waals surface area contributed by atoms with Crippen molar-refractivity contribution in [1.82, 2.24) is 0 Å². The molecule has 0 bridgehead atoms. The van der Waals surface area contributed by atoms with Crippen LogP contribution in [0.5, 0.6) is 11.5 Å². The Bertz CT molecular complexity index is 1330. The fraction of sp³-hybridized carbons (Fsp3) is 0.0870. The number of carbonyl (C=O) groups is 1. The maximum Gasteiger partial charge on any atom is 0.265 e. The molecule has 3 aromatic rings. The van der Waals surface area contributed by atoms with Crippen molar-refractivity contribution in [1.29, 1.82) is 0 Å². The Labute approximate surface area is 179 Å². The number of carbonyl (C=O) groups excluding carboxylic acids is 1. The van der Waals surface area contributed by atoms with E-state index in [0.29, 0.717) is 39.6 Å². The monoisotopic (exact) mass is 434 g/mol. The number of amides is 1. The second-order valence-electron chi connectivity index (χ2n) is 7.08. The third-order valence-corrected chi connectivity index (χ3v) is 7.04. The number of hydrogen-bond donors (Lipinski definition) is 1. The number of anilines is 2. The fourth-order valence-corrected chi connectivity index (χ4v) is 5.43. The second-order valence-corrected chi connectivity index (χ2v) is 8.91. The van der Waals surface area contributed by atoms with Gasteiger partial charge in [0.1, 0.15) is 0 Å². The third-order valence-electron chi connectivity index (χ3n) is 5.20. The van der Waals surface area contributed by atoms with Crippen LogP contribution in [0.15, 0.2) is 78.2 Å². The van der Waals surface area contributed by atoms with E-state index in [9.17, 15) is 13.2 Å². The van der Waals surface area contributed by atoms with Gasteiger partial charge in [-0.2, -0.15) is 0 Å². The van der Waals surface area contributed by atoms with Crippen LogP contribution in [0, 0.1) is 0 Å². The zero-order valence-corrected chi connectivity index (χ0v) is 17.2. The topological polar surface area (TPSA) is 84.9 Å². The minimum Gasteiger partial charge on any atom is -0.454 e. The second kappa shape index (κ2) is 7.17. The molecular formula is C23H18N2O5S. The highest BCUT2D eigenvalue weighted by Crippen LogP contribution is 2.43. The van der Waals surface area contributed by atoms with Gasteiger partial charge in [-0.05, 0) is 36.4 Å². The molecule has 0 aromatic heterocycles. The highest BCUT2D eigenvalue weighted by Gasteiger charge is 2.34. The molecular weight excluding hydrogens is 416 g/mol. The quantitative estimate of drug-likeness (QED) is 0.627. The number of fused-ring (bicyclic) bond motifs is 4. The minimum absolute atomic E-state index is 0.131. The van der Waals surface area contributed by atoms with Crippen LogP contribution in [0.2, 0.25) is 0 Å². The minimum atomic E-state index is -3.71. The summed E-state index contributed by atoms with van der Waals surface area (Å²) in [6.07, 6.45) is 1.54. The first-order chi connectivity index (χ1) is 15.0. The lowest BCUT2D eigenvalue weighted by Gasteiger charge is -2.31. The number of benzene rings is 3. The summed E-state index contributed by atoms with van der Waals surface area (Å²) in [7, 11) is -3.71. The van der Waals surface area contributed by atoms with E-state index in [-0.39, 0.29) is 24.1 Å². The van der Waals surface area contributed by atoms with Gasteiger partial charge in [0.05, 0.1) is 17.1 Å². The molecule has 1 amide bonds. The summed E-state index contributed by atoms with van der Waals surface area (Å²) in [4.78, 5) is 13.1. The Hall–Kier alpha value is -3.78. The van der Waals surface area contributed by atoms with Crippen LogP contribution in [-0.2, 0) is 10.0 Å². The standard InChI is InChI=1S/C23H18N2O5S/c1-2-11-25-19-9-7-15(12-18(19)17-5-3-4-6-22(17)31(25,27)28)23(26)24-16-8-10-20-21(13-16)30-14-29-20/h2-10,12-13H,1,11,14H2,(H,24,26). The zero-order chi connectivity index (χ0) is 21.6. The number of sulfonamides is 1. The predicted octanol–water partition coefficient (Wildman–Crippen LogP) is 4.03. The van der Waals surface area contributed by atoms with Gasteiger partial charge >= 0.3 is 0 Å². The van der Waals surface area contributed by atoms with Gasteiger partial charge in [-0.15, -0.1) is 6.58 Å². The van der Waals surface area contributed by atoms with Crippen molar-refractivity contribution in [2.24, 2.45) is 0 Å². The number of rotatable bonds is 4. The maximum absolute atomic E-state index is 13.1. The lowest BCUT2D eigenvalue weighted by molar-refractivity contribution is 0.102. The summed E-state index contributed by atoms with van der Waals surface area (Å²) in [5.41, 5.74) is 2.73. The predicted molar refractivity (Wildman–Crippen MR) is 117 cm³/mol. The summed E-state index contributed by atoms with van der Waals surface area (Å²) < 4.78 is 38.1. The zero-order valence-electron chi connectivity index (χ0n) is 16.4. The number of ether oxygens (including phenoxy) is 2. The van der Waals surface area contributed by atoms with E-state index in [1.54, 1.807) is 60.7 Å². The average Bonchev–Trinajstić information content (AvgIpc) is 3.24. The van der Waals surface area contributed by atoms with Gasteiger partial charge in [0, 0.05) is 28.4 Å². The smallest absolute Gasteiger partial charge is 0.265 e. The van der Waals surface area contributed by atoms with E-state index in [1.807, 2.05) is 0 Å². The van der Waals surface area contributed by atoms with Gasteiger partial charge in [-0.1, -0.05) is 24.3 Å². The van der Waals surface area contributed by atoms with Crippen LogP contribution < -0.4 is 19.1 Å². The first-order valence-corrected chi connectivity index (χ1v) is 11.0. The molecule has 0 unspecified atom stereocenters. The summed E-state index contributed by atoms with van der Waals surface area (Å²) in [5, 5.41) is 2.85. The Kier molecular flexibility index (Phi) is 4.44. The molecule has 2 heterocycles. The number of nitrogens with one attached hydrogen (secondary N) is 1. The average molecular weight is 434 g/mol. The first kappa shape index (κ1) is 19.2. The van der Waals surface area contributed by atoms with E-state index in [1.165, 1.54) is 10.4 Å². The van der Waals surface area contributed by atoms with Crippen molar-refractivity contribution in [2.75, 3.05) is 23.0 Å². The molecule has 7 nitrogen and oxygen atoms in total. The largest absolute Gasteiger partial charge is 0.454 e. The molecule has 0 fully saturated rings. The van der Waals surface area contributed by atoms with E-state index < -0.39 is 10.0 Å². The Morgan fingerprint density at radius 2 is 1.84 bits per heavy atom. The summed E-state index contributed by atoms with van der Waals surface area (Å²) in [5.74, 6) is 0.886. The number of nitrogens with zero attached hydrogens (tertiary/aromatic N) is 1. The van der Waals surface area contributed by atoms with Crippen LogP contribution in [-0.4, -0.2) is 27.7 Å². The number of hydrogen-bond acceptors (Lipinski definition) is 5. The molecule has 0 atom stereocenters. The van der Waals surface area contributed by atoms with Gasteiger partial charge in [0.25, 0.3) is 15.9 Å². The lowest BCUT2D eigenvalue weighted by Crippen LogP contribution is -2.34. The molecule has 0 aliphatic carbocycles. The lowest BCUT2D eigenvalue weighted by atomic mass is 10.00. The molecule has 156 valence electrons. The van der Waals surface area contributed by atoms with E-state index in [2.05, 4.69) is 11.9 Å². The molecule has 2 aliphatic rings. The molecule has 31 heavy (non-hydrogen) atoms. The van der Waals surface area contributed by atoms with Crippen molar-refractivity contribution in [3.63, 3.8) is 0 Å². The Morgan fingerprint density at radius 1 is 1.03 bits per heavy atom. The van der Waals surface area contributed by atoms with Crippen LogP contribution in [0.1, 0.15) is 10.4 Å². The van der Waals surface area contributed by atoms with Gasteiger partial charge in [-0.3, -0.25) is 9.10 Å². The van der Waals surface area contributed by atoms with Crippen molar-refractivity contribution in [2.45, 2.75) is 4.90 Å². The molecule has 0 spiro atoms. The fourth-order valence-electron chi connectivity index (χ4n) is 3.76. The summed E-state index contributed by atoms with van der Waals surface area (Å²) in [6, 6.07) is 16.9. The van der Waals surface area contributed by atoms with Crippen LogP contribution >= 0.6 is 0 Å². The Morgan fingerprint density at radius 3 is 2.68 bits per heavy atom. The van der Waals surface area contributed by atoms with Gasteiger partial charge < -0.3 is 14.8 Å². The van der Waals surface area contributed by atoms with Crippen molar-refractivity contribution < 1.29 is 22.7 Å². The van der Waals surface area contributed by atoms with Gasteiger partial charge in [0.2, 0.25) is 6.79 Å². The van der Waals surface area contributed by atoms with Crippen molar-refractivity contribution in [3.8, 4) is 22.6 Å². The Balaban J connectivity index is 1.54. The molecule has 5 rings (SSSR count). The normalized spacial score (nSPS) is 15.0. The molecule has 8 heteroatoms. The third kappa shape index (κ3) is 3.12. The molecule has 1 N–H and O–H groups in total. The highest BCUT2D eigenvalue weighted by molar-refractivity contribution is 7.93.